The van der Waals surface area contributed by atoms with Crippen LogP contribution in [0.1, 0.15) is 47.0 Å². The number of thiol groups is 1. The van der Waals surface area contributed by atoms with Gasteiger partial charge < -0.3 is 10.6 Å². The molecule has 2 atom stereocenters. The van der Waals surface area contributed by atoms with E-state index in [1.54, 1.807) is 0 Å². The fourth-order valence-corrected chi connectivity index (χ4v) is 1.50. The van der Waals surface area contributed by atoms with Gasteiger partial charge in [-0.3, -0.25) is 9.59 Å². The van der Waals surface area contributed by atoms with E-state index in [1.807, 2.05) is 27.7 Å². The molecule has 0 radical (unpaired) electrons. The van der Waals surface area contributed by atoms with Gasteiger partial charge in [0.1, 0.15) is 0 Å². The first-order chi connectivity index (χ1) is 7.82. The van der Waals surface area contributed by atoms with E-state index in [-0.39, 0.29) is 29.1 Å². The van der Waals surface area contributed by atoms with Crippen molar-refractivity contribution >= 4 is 24.4 Å². The number of carbonyl (C=O) groups is 2. The highest BCUT2D eigenvalue weighted by Crippen LogP contribution is 2.03. The van der Waals surface area contributed by atoms with Gasteiger partial charge in [-0.2, -0.15) is 12.6 Å². The zero-order valence-electron chi connectivity index (χ0n) is 11.1. The fraction of sp³-hybridized carbons (Fsp3) is 0.833. The van der Waals surface area contributed by atoms with Crippen LogP contribution in [0.4, 0.5) is 0 Å². The van der Waals surface area contributed by atoms with Crippen LogP contribution in [0.2, 0.25) is 0 Å². The maximum atomic E-state index is 11.4. The van der Waals surface area contributed by atoms with Gasteiger partial charge in [0.05, 0.1) is 5.37 Å². The summed E-state index contributed by atoms with van der Waals surface area (Å²) in [7, 11) is 0. The summed E-state index contributed by atoms with van der Waals surface area (Å²) in [5.74, 6) is 0.0756. The maximum Gasteiger partial charge on any atom is 0.222 e. The molecule has 0 aliphatic rings. The minimum atomic E-state index is -0.111. The second kappa shape index (κ2) is 8.39. The molecule has 5 heteroatoms. The lowest BCUT2D eigenvalue weighted by Crippen LogP contribution is -2.35. The summed E-state index contributed by atoms with van der Waals surface area (Å²) in [6.07, 6.45) is 2.06. The molecule has 17 heavy (non-hydrogen) atoms. The first kappa shape index (κ1) is 16.3. The zero-order chi connectivity index (χ0) is 13.4. The average molecular weight is 260 g/mol. The Bertz CT molecular complexity index is 255. The number of nitrogens with one attached hydrogen (secondary N) is 2. The van der Waals surface area contributed by atoms with Crippen LogP contribution in [0.25, 0.3) is 0 Å². The largest absolute Gasteiger partial charge is 0.353 e. The second-order valence-corrected chi connectivity index (χ2v) is 5.47. The van der Waals surface area contributed by atoms with Crippen LogP contribution < -0.4 is 10.6 Å². The van der Waals surface area contributed by atoms with Crippen molar-refractivity contribution < 1.29 is 9.59 Å². The molecule has 0 aliphatic carbocycles. The van der Waals surface area contributed by atoms with Crippen molar-refractivity contribution in [3.8, 4) is 0 Å². The van der Waals surface area contributed by atoms with Gasteiger partial charge in [0.15, 0.2) is 0 Å². The Morgan fingerprint density at radius 1 is 1.12 bits per heavy atom. The Morgan fingerprint density at radius 2 is 1.71 bits per heavy atom. The number of hydrogen-bond acceptors (Lipinski definition) is 3. The molecular weight excluding hydrogens is 236 g/mol. The van der Waals surface area contributed by atoms with Crippen molar-refractivity contribution in [1.29, 1.82) is 0 Å². The average Bonchev–Trinajstić information content (AvgIpc) is 2.15. The highest BCUT2D eigenvalue weighted by molar-refractivity contribution is 7.80. The van der Waals surface area contributed by atoms with Gasteiger partial charge in [-0.1, -0.05) is 13.8 Å². The quantitative estimate of drug-likeness (QED) is 0.482. The topological polar surface area (TPSA) is 58.2 Å². The summed E-state index contributed by atoms with van der Waals surface area (Å²) in [6, 6.07) is 0.117. The fourth-order valence-electron chi connectivity index (χ4n) is 1.36. The third-order valence-corrected chi connectivity index (χ3v) is 2.45. The van der Waals surface area contributed by atoms with Crippen molar-refractivity contribution in [2.75, 3.05) is 0 Å². The summed E-state index contributed by atoms with van der Waals surface area (Å²) in [6.45, 7) is 7.50. The first-order valence-electron chi connectivity index (χ1n) is 6.10. The van der Waals surface area contributed by atoms with Gasteiger partial charge in [0, 0.05) is 18.4 Å². The lowest BCUT2D eigenvalue weighted by Gasteiger charge is -2.15. The van der Waals surface area contributed by atoms with Crippen LogP contribution in [0.15, 0.2) is 0 Å². The Kier molecular flexibility index (Phi) is 8.04. The predicted molar refractivity (Wildman–Crippen MR) is 72.9 cm³/mol. The number of carbonyl (C=O) groups excluding carboxylic acids is 2. The molecule has 0 heterocycles. The van der Waals surface area contributed by atoms with E-state index in [1.165, 1.54) is 0 Å². The molecular formula is C12H24N2O2S. The van der Waals surface area contributed by atoms with Gasteiger partial charge >= 0.3 is 0 Å². The highest BCUT2D eigenvalue weighted by Gasteiger charge is 2.11. The lowest BCUT2D eigenvalue weighted by molar-refractivity contribution is -0.124. The van der Waals surface area contributed by atoms with Crippen molar-refractivity contribution in [2.45, 2.75) is 58.4 Å². The molecule has 0 spiro atoms. The number of amides is 2. The molecule has 0 aromatic heterocycles. The van der Waals surface area contributed by atoms with Crippen LogP contribution in [-0.4, -0.2) is 23.2 Å². The summed E-state index contributed by atoms with van der Waals surface area (Å²) in [4.78, 5) is 22.7. The Labute approximate surface area is 109 Å². The Morgan fingerprint density at radius 3 is 2.18 bits per heavy atom. The van der Waals surface area contributed by atoms with Gasteiger partial charge in [0.25, 0.3) is 0 Å². The predicted octanol–water partition coefficient (Wildman–Crippen LogP) is 1.71. The van der Waals surface area contributed by atoms with Crippen molar-refractivity contribution in [1.82, 2.24) is 10.6 Å². The van der Waals surface area contributed by atoms with Crippen LogP contribution in [0, 0.1) is 5.92 Å². The van der Waals surface area contributed by atoms with Crippen molar-refractivity contribution in [2.24, 2.45) is 5.92 Å². The minimum absolute atomic E-state index is 0.00535. The van der Waals surface area contributed by atoms with E-state index in [0.717, 1.165) is 12.8 Å². The molecule has 0 aromatic rings. The molecule has 0 saturated heterocycles. The number of hydrogen-bond donors (Lipinski definition) is 3. The first-order valence-corrected chi connectivity index (χ1v) is 6.62. The van der Waals surface area contributed by atoms with Gasteiger partial charge in [-0.25, -0.2) is 0 Å². The molecule has 0 aliphatic heterocycles. The highest BCUT2D eigenvalue weighted by atomic mass is 32.1. The van der Waals surface area contributed by atoms with E-state index in [9.17, 15) is 9.59 Å². The van der Waals surface area contributed by atoms with Gasteiger partial charge in [-0.15, -0.1) is 0 Å². The number of rotatable bonds is 7. The molecule has 0 rings (SSSR count). The zero-order valence-corrected chi connectivity index (χ0v) is 12.0. The van der Waals surface area contributed by atoms with Gasteiger partial charge in [0.2, 0.25) is 11.8 Å². The van der Waals surface area contributed by atoms with Gasteiger partial charge in [-0.05, 0) is 26.7 Å². The third kappa shape index (κ3) is 9.03. The SMILES string of the molecule is CC(S)NC(=O)CCCC(C)NC(=O)C(C)C. The van der Waals surface area contributed by atoms with E-state index >= 15 is 0 Å². The normalized spacial score (nSPS) is 14.2. The smallest absolute Gasteiger partial charge is 0.222 e. The molecule has 0 saturated carbocycles. The van der Waals surface area contributed by atoms with Crippen LogP contribution in [0.5, 0.6) is 0 Å². The Balaban J connectivity index is 3.67. The summed E-state index contributed by atoms with van der Waals surface area (Å²) >= 11 is 4.08. The molecule has 100 valence electrons. The summed E-state index contributed by atoms with van der Waals surface area (Å²) in [5.41, 5.74) is 0. The molecule has 0 bridgehead atoms. The summed E-state index contributed by atoms with van der Waals surface area (Å²) in [5, 5.41) is 5.51. The van der Waals surface area contributed by atoms with E-state index in [2.05, 4.69) is 23.3 Å². The van der Waals surface area contributed by atoms with E-state index in [4.69, 9.17) is 0 Å². The maximum absolute atomic E-state index is 11.4. The molecule has 2 amide bonds. The van der Waals surface area contributed by atoms with Crippen LogP contribution >= 0.6 is 12.6 Å². The van der Waals surface area contributed by atoms with E-state index < -0.39 is 0 Å². The van der Waals surface area contributed by atoms with Crippen LogP contribution in [0.3, 0.4) is 0 Å². The molecule has 0 aromatic carbocycles. The van der Waals surface area contributed by atoms with Crippen molar-refractivity contribution in [3.63, 3.8) is 0 Å². The molecule has 2 unspecified atom stereocenters. The summed E-state index contributed by atoms with van der Waals surface area (Å²) < 4.78 is 0. The molecule has 0 fully saturated rings. The minimum Gasteiger partial charge on any atom is -0.353 e. The molecule has 4 nitrogen and oxygen atoms in total. The molecule has 2 N–H and O–H groups in total. The van der Waals surface area contributed by atoms with Crippen molar-refractivity contribution in [3.05, 3.63) is 0 Å². The second-order valence-electron chi connectivity index (χ2n) is 4.70. The lowest BCUT2D eigenvalue weighted by atomic mass is 10.1. The standard InChI is InChI=1S/C12H24N2O2S/c1-8(2)12(16)13-9(3)6-5-7-11(15)14-10(4)17/h8-10,17H,5-7H2,1-4H3,(H,13,16)(H,14,15). The van der Waals surface area contributed by atoms with Crippen LogP contribution in [-0.2, 0) is 9.59 Å². The Hall–Kier alpha value is -0.710. The monoisotopic (exact) mass is 260 g/mol. The van der Waals surface area contributed by atoms with E-state index in [0.29, 0.717) is 6.42 Å². The third-order valence-electron chi connectivity index (χ3n) is 2.32.